The van der Waals surface area contributed by atoms with E-state index in [1.54, 1.807) is 24.4 Å². The molecule has 0 aliphatic rings. The summed E-state index contributed by atoms with van der Waals surface area (Å²) in [6, 6.07) is 9.06. The first-order valence-electron chi connectivity index (χ1n) is 6.16. The number of nitrogens with zero attached hydrogens (tertiary/aromatic N) is 1. The van der Waals surface area contributed by atoms with Crippen molar-refractivity contribution in [2.45, 2.75) is 13.8 Å². The van der Waals surface area contributed by atoms with Gasteiger partial charge in [0, 0.05) is 6.20 Å². The lowest BCUT2D eigenvalue weighted by Gasteiger charge is -2.09. The summed E-state index contributed by atoms with van der Waals surface area (Å²) in [4.78, 5) is 15.8. The third-order valence-corrected chi connectivity index (χ3v) is 2.94. The Morgan fingerprint density at radius 1 is 1.25 bits per heavy atom. The molecule has 1 aromatic carbocycles. The van der Waals surface area contributed by atoms with Crippen LogP contribution in [0.3, 0.4) is 0 Å². The number of ether oxygens (including phenoxy) is 1. The maximum Gasteiger partial charge on any atom is 0.263 e. The van der Waals surface area contributed by atoms with Gasteiger partial charge < -0.3 is 10.1 Å². The molecule has 2 rings (SSSR count). The smallest absolute Gasteiger partial charge is 0.263 e. The van der Waals surface area contributed by atoms with Crippen LogP contribution < -0.4 is 10.1 Å². The molecule has 0 unspecified atom stereocenters. The summed E-state index contributed by atoms with van der Waals surface area (Å²) in [5.41, 5.74) is 2.04. The average Bonchev–Trinajstić information content (AvgIpc) is 2.40. The third-order valence-electron chi connectivity index (χ3n) is 2.63. The van der Waals surface area contributed by atoms with Crippen LogP contribution in [0.25, 0.3) is 0 Å². The minimum absolute atomic E-state index is 0.112. The highest BCUT2D eigenvalue weighted by atomic mass is 35.5. The highest BCUT2D eigenvalue weighted by Crippen LogP contribution is 2.25. The number of rotatable bonds is 4. The van der Waals surface area contributed by atoms with Gasteiger partial charge in [0.25, 0.3) is 5.91 Å². The molecule has 0 aliphatic heterocycles. The molecule has 0 aliphatic carbocycles. The summed E-state index contributed by atoms with van der Waals surface area (Å²) < 4.78 is 5.41. The van der Waals surface area contributed by atoms with Gasteiger partial charge >= 0.3 is 0 Å². The Morgan fingerprint density at radius 3 is 2.75 bits per heavy atom. The van der Waals surface area contributed by atoms with Crippen LogP contribution in [0.4, 0.5) is 5.82 Å². The molecule has 104 valence electrons. The number of carbonyl (C=O) groups is 1. The van der Waals surface area contributed by atoms with Crippen molar-refractivity contribution in [3.8, 4) is 5.75 Å². The van der Waals surface area contributed by atoms with Crippen LogP contribution in [0.15, 0.2) is 36.5 Å². The van der Waals surface area contributed by atoms with E-state index in [0.717, 1.165) is 11.1 Å². The number of pyridine rings is 1. The van der Waals surface area contributed by atoms with Gasteiger partial charge in [0.15, 0.2) is 6.61 Å². The Labute approximate surface area is 122 Å². The molecule has 20 heavy (non-hydrogen) atoms. The number of anilines is 1. The predicted molar refractivity (Wildman–Crippen MR) is 79.3 cm³/mol. The predicted octanol–water partition coefficient (Wildman–Crippen LogP) is 3.37. The SMILES string of the molecule is Cc1ccnc(NC(=O)COc2cc(C)ccc2Cl)c1. The second-order valence-corrected chi connectivity index (χ2v) is 4.90. The number of benzene rings is 1. The number of halogens is 1. The van der Waals surface area contributed by atoms with Gasteiger partial charge in [-0.25, -0.2) is 4.98 Å². The number of nitrogens with one attached hydrogen (secondary N) is 1. The molecule has 5 heteroatoms. The highest BCUT2D eigenvalue weighted by molar-refractivity contribution is 6.32. The first-order chi connectivity index (χ1) is 9.54. The zero-order chi connectivity index (χ0) is 14.5. The molecule has 1 aromatic heterocycles. The van der Waals surface area contributed by atoms with Crippen molar-refractivity contribution in [1.82, 2.24) is 4.98 Å². The summed E-state index contributed by atoms with van der Waals surface area (Å²) in [5.74, 6) is 0.730. The fraction of sp³-hybridized carbons (Fsp3) is 0.200. The lowest BCUT2D eigenvalue weighted by Crippen LogP contribution is -2.20. The fourth-order valence-corrected chi connectivity index (χ4v) is 1.82. The molecule has 2 aromatic rings. The molecule has 4 nitrogen and oxygen atoms in total. The standard InChI is InChI=1S/C15H15ClN2O2/c1-10-3-4-12(16)13(7-10)20-9-15(19)18-14-8-11(2)5-6-17-14/h3-8H,9H2,1-2H3,(H,17,18,19). The summed E-state index contributed by atoms with van der Waals surface area (Å²) in [5, 5.41) is 3.15. The molecule has 0 saturated heterocycles. The van der Waals surface area contributed by atoms with Gasteiger partial charge in [0.2, 0.25) is 0 Å². The largest absolute Gasteiger partial charge is 0.482 e. The molecule has 1 N–H and O–H groups in total. The monoisotopic (exact) mass is 290 g/mol. The number of carbonyl (C=O) groups excluding carboxylic acids is 1. The molecule has 0 fully saturated rings. The van der Waals surface area contributed by atoms with Crippen molar-refractivity contribution >= 4 is 23.3 Å². The maximum atomic E-state index is 11.8. The van der Waals surface area contributed by atoms with E-state index in [2.05, 4.69) is 10.3 Å². The van der Waals surface area contributed by atoms with Gasteiger partial charge in [0.05, 0.1) is 5.02 Å². The lowest BCUT2D eigenvalue weighted by atomic mass is 10.2. The fourth-order valence-electron chi connectivity index (χ4n) is 1.65. The Hall–Kier alpha value is -2.07. The molecular formula is C15H15ClN2O2. The van der Waals surface area contributed by atoms with Gasteiger partial charge in [-0.3, -0.25) is 4.79 Å². The van der Waals surface area contributed by atoms with Crippen LogP contribution in [-0.2, 0) is 4.79 Å². The van der Waals surface area contributed by atoms with E-state index in [4.69, 9.17) is 16.3 Å². The quantitative estimate of drug-likeness (QED) is 0.939. The van der Waals surface area contributed by atoms with E-state index in [1.807, 2.05) is 26.0 Å². The van der Waals surface area contributed by atoms with Gasteiger partial charge in [-0.15, -0.1) is 0 Å². The second-order valence-electron chi connectivity index (χ2n) is 4.49. The zero-order valence-corrected chi connectivity index (χ0v) is 12.1. The number of amides is 1. The van der Waals surface area contributed by atoms with Crippen LogP contribution in [0.5, 0.6) is 5.75 Å². The van der Waals surface area contributed by atoms with E-state index in [9.17, 15) is 4.79 Å². The van der Waals surface area contributed by atoms with Crippen LogP contribution in [0.1, 0.15) is 11.1 Å². The van der Waals surface area contributed by atoms with E-state index in [-0.39, 0.29) is 12.5 Å². The number of aryl methyl sites for hydroxylation is 2. The first-order valence-corrected chi connectivity index (χ1v) is 6.54. The summed E-state index contributed by atoms with van der Waals surface area (Å²) in [6.07, 6.45) is 1.64. The number of hydrogen-bond acceptors (Lipinski definition) is 3. The van der Waals surface area contributed by atoms with E-state index >= 15 is 0 Å². The highest BCUT2D eigenvalue weighted by Gasteiger charge is 2.07. The van der Waals surface area contributed by atoms with E-state index in [0.29, 0.717) is 16.6 Å². The van der Waals surface area contributed by atoms with Gasteiger partial charge in [0.1, 0.15) is 11.6 Å². The lowest BCUT2D eigenvalue weighted by molar-refractivity contribution is -0.118. The molecule has 0 bridgehead atoms. The van der Waals surface area contributed by atoms with Crippen molar-refractivity contribution in [3.63, 3.8) is 0 Å². The molecular weight excluding hydrogens is 276 g/mol. The van der Waals surface area contributed by atoms with Crippen molar-refractivity contribution in [2.24, 2.45) is 0 Å². The average molecular weight is 291 g/mol. The Bertz CT molecular complexity index is 629. The van der Waals surface area contributed by atoms with Crippen molar-refractivity contribution < 1.29 is 9.53 Å². The minimum atomic E-state index is -0.277. The first kappa shape index (κ1) is 14.3. The molecule has 0 spiro atoms. The van der Waals surface area contributed by atoms with Gasteiger partial charge in [-0.1, -0.05) is 17.7 Å². The molecule has 1 heterocycles. The number of hydrogen-bond donors (Lipinski definition) is 1. The summed E-state index contributed by atoms with van der Waals surface area (Å²) >= 11 is 5.99. The summed E-state index contributed by atoms with van der Waals surface area (Å²) in [7, 11) is 0. The number of aromatic nitrogens is 1. The van der Waals surface area contributed by atoms with Crippen LogP contribution in [-0.4, -0.2) is 17.5 Å². The zero-order valence-electron chi connectivity index (χ0n) is 11.3. The minimum Gasteiger partial charge on any atom is -0.482 e. The molecule has 0 radical (unpaired) electrons. The molecule has 0 atom stereocenters. The summed E-state index contributed by atoms with van der Waals surface area (Å²) in [6.45, 7) is 3.75. The Kier molecular flexibility index (Phi) is 4.58. The van der Waals surface area contributed by atoms with Crippen molar-refractivity contribution in [3.05, 3.63) is 52.7 Å². The normalized spacial score (nSPS) is 10.2. The van der Waals surface area contributed by atoms with Crippen LogP contribution in [0.2, 0.25) is 5.02 Å². The molecule has 0 saturated carbocycles. The van der Waals surface area contributed by atoms with Crippen molar-refractivity contribution in [2.75, 3.05) is 11.9 Å². The van der Waals surface area contributed by atoms with Crippen molar-refractivity contribution in [1.29, 1.82) is 0 Å². The second kappa shape index (κ2) is 6.39. The third kappa shape index (κ3) is 3.96. The van der Waals surface area contributed by atoms with E-state index in [1.165, 1.54) is 0 Å². The Morgan fingerprint density at radius 2 is 2.00 bits per heavy atom. The van der Waals surface area contributed by atoms with Gasteiger partial charge in [-0.2, -0.15) is 0 Å². The van der Waals surface area contributed by atoms with Gasteiger partial charge in [-0.05, 0) is 49.2 Å². The molecule has 1 amide bonds. The Balaban J connectivity index is 1.94. The maximum absolute atomic E-state index is 11.8. The van der Waals surface area contributed by atoms with Crippen LogP contribution in [0, 0.1) is 13.8 Å². The van der Waals surface area contributed by atoms with E-state index < -0.39 is 0 Å². The topological polar surface area (TPSA) is 51.2 Å². The van der Waals surface area contributed by atoms with Crippen LogP contribution >= 0.6 is 11.6 Å².